The molecule has 2 aromatic heterocycles. The van der Waals surface area contributed by atoms with Crippen molar-refractivity contribution in [3.8, 4) is 6.07 Å². The Labute approximate surface area is 140 Å². The Hall–Kier alpha value is -3.20. The van der Waals surface area contributed by atoms with Crippen molar-refractivity contribution < 1.29 is 0 Å². The maximum Gasteiger partial charge on any atom is 0.146 e. The molecule has 6 heteroatoms. The van der Waals surface area contributed by atoms with Gasteiger partial charge in [0.15, 0.2) is 0 Å². The van der Waals surface area contributed by atoms with Crippen molar-refractivity contribution in [2.45, 2.75) is 0 Å². The van der Waals surface area contributed by atoms with E-state index >= 15 is 0 Å². The molecule has 1 aliphatic heterocycles. The number of nitriles is 1. The highest BCUT2D eigenvalue weighted by molar-refractivity contribution is 5.81. The van der Waals surface area contributed by atoms with Crippen LogP contribution in [0.4, 0.5) is 11.5 Å². The van der Waals surface area contributed by atoms with Gasteiger partial charge in [-0.15, -0.1) is 0 Å². The van der Waals surface area contributed by atoms with Crippen molar-refractivity contribution in [1.29, 1.82) is 5.26 Å². The summed E-state index contributed by atoms with van der Waals surface area (Å²) in [6, 6.07) is 12.1. The standard InChI is InChI=1S/C18H16N6/c19-11-14-2-1-5-21-18(14)24-8-6-23(7-9-24)16-3-4-17-15(10-16)12-20-13-22-17/h1-5,10,12-13H,6-9H2. The lowest BCUT2D eigenvalue weighted by atomic mass is 10.2. The summed E-state index contributed by atoms with van der Waals surface area (Å²) >= 11 is 0. The van der Waals surface area contributed by atoms with Gasteiger partial charge in [-0.1, -0.05) is 0 Å². The number of aromatic nitrogens is 3. The Kier molecular flexibility index (Phi) is 3.67. The molecule has 0 atom stereocenters. The normalized spacial score (nSPS) is 14.6. The summed E-state index contributed by atoms with van der Waals surface area (Å²) in [5, 5.41) is 10.3. The molecule has 0 saturated carbocycles. The average Bonchev–Trinajstić information content (AvgIpc) is 2.67. The molecule has 3 heterocycles. The average molecular weight is 316 g/mol. The van der Waals surface area contributed by atoms with Crippen LogP contribution in [0.3, 0.4) is 0 Å². The number of hydrogen-bond donors (Lipinski definition) is 0. The summed E-state index contributed by atoms with van der Waals surface area (Å²) < 4.78 is 0. The first-order valence-corrected chi connectivity index (χ1v) is 7.90. The highest BCUT2D eigenvalue weighted by Gasteiger charge is 2.20. The maximum absolute atomic E-state index is 9.24. The minimum atomic E-state index is 0.633. The van der Waals surface area contributed by atoms with E-state index in [2.05, 4.69) is 43.0 Å². The third-order valence-electron chi connectivity index (χ3n) is 4.34. The third-order valence-corrected chi connectivity index (χ3v) is 4.34. The summed E-state index contributed by atoms with van der Waals surface area (Å²) in [7, 11) is 0. The van der Waals surface area contributed by atoms with Crippen LogP contribution in [-0.4, -0.2) is 41.1 Å². The highest BCUT2D eigenvalue weighted by atomic mass is 15.3. The molecule has 0 spiro atoms. The first-order valence-electron chi connectivity index (χ1n) is 7.90. The van der Waals surface area contributed by atoms with Gasteiger partial charge in [0, 0.05) is 49.6 Å². The summed E-state index contributed by atoms with van der Waals surface area (Å²) in [6.07, 6.45) is 5.15. The Balaban J connectivity index is 1.52. The summed E-state index contributed by atoms with van der Waals surface area (Å²) in [5.74, 6) is 0.784. The molecule has 118 valence electrons. The van der Waals surface area contributed by atoms with E-state index in [-0.39, 0.29) is 0 Å². The van der Waals surface area contributed by atoms with E-state index < -0.39 is 0 Å². The van der Waals surface area contributed by atoms with Gasteiger partial charge >= 0.3 is 0 Å². The Morgan fingerprint density at radius 3 is 2.67 bits per heavy atom. The van der Waals surface area contributed by atoms with E-state index in [1.54, 1.807) is 18.6 Å². The van der Waals surface area contributed by atoms with E-state index in [4.69, 9.17) is 0 Å². The number of rotatable bonds is 2. The van der Waals surface area contributed by atoms with Gasteiger partial charge in [-0.3, -0.25) is 0 Å². The van der Waals surface area contributed by atoms with Gasteiger partial charge in [0.05, 0.1) is 11.1 Å². The summed E-state index contributed by atoms with van der Waals surface area (Å²) in [5.41, 5.74) is 2.77. The second-order valence-corrected chi connectivity index (χ2v) is 5.73. The zero-order valence-electron chi connectivity index (χ0n) is 13.1. The predicted octanol–water partition coefficient (Wildman–Crippen LogP) is 2.22. The molecule has 1 aromatic carbocycles. The van der Waals surface area contributed by atoms with Crippen LogP contribution in [-0.2, 0) is 0 Å². The molecule has 0 bridgehead atoms. The first-order chi connectivity index (χ1) is 11.8. The lowest BCUT2D eigenvalue weighted by molar-refractivity contribution is 0.647. The monoisotopic (exact) mass is 316 g/mol. The largest absolute Gasteiger partial charge is 0.368 e. The fraction of sp³-hybridized carbons (Fsp3) is 0.222. The minimum absolute atomic E-state index is 0.633. The van der Waals surface area contributed by atoms with Gasteiger partial charge in [0.2, 0.25) is 0 Å². The van der Waals surface area contributed by atoms with Gasteiger partial charge in [-0.2, -0.15) is 5.26 Å². The van der Waals surface area contributed by atoms with Crippen molar-refractivity contribution in [2.24, 2.45) is 0 Å². The molecule has 0 N–H and O–H groups in total. The summed E-state index contributed by atoms with van der Waals surface area (Å²) in [4.78, 5) is 17.3. The van der Waals surface area contributed by atoms with Crippen LogP contribution < -0.4 is 9.80 Å². The van der Waals surface area contributed by atoms with E-state index in [1.807, 2.05) is 18.3 Å². The molecule has 6 nitrogen and oxygen atoms in total. The third kappa shape index (κ3) is 2.61. The second-order valence-electron chi connectivity index (χ2n) is 5.73. The zero-order chi connectivity index (χ0) is 16.4. The molecule has 0 amide bonds. The maximum atomic E-state index is 9.24. The topological polar surface area (TPSA) is 68.9 Å². The van der Waals surface area contributed by atoms with Crippen LogP contribution in [0.25, 0.3) is 10.9 Å². The predicted molar refractivity (Wildman–Crippen MR) is 92.9 cm³/mol. The van der Waals surface area contributed by atoms with Crippen LogP contribution in [0.1, 0.15) is 5.56 Å². The molecule has 3 aromatic rings. The molecule has 0 unspecified atom stereocenters. The van der Waals surface area contributed by atoms with Crippen molar-refractivity contribution in [3.05, 3.63) is 54.6 Å². The fourth-order valence-corrected chi connectivity index (χ4v) is 3.08. The van der Waals surface area contributed by atoms with Crippen molar-refractivity contribution in [1.82, 2.24) is 15.0 Å². The van der Waals surface area contributed by atoms with Crippen molar-refractivity contribution >= 4 is 22.4 Å². The molecule has 1 saturated heterocycles. The zero-order valence-corrected chi connectivity index (χ0v) is 13.1. The van der Waals surface area contributed by atoms with Crippen LogP contribution in [0, 0.1) is 11.3 Å². The second kappa shape index (κ2) is 6.13. The lowest BCUT2D eigenvalue weighted by Crippen LogP contribution is -2.47. The minimum Gasteiger partial charge on any atom is -0.368 e. The first kappa shape index (κ1) is 14.4. The number of fused-ring (bicyclic) bond motifs is 1. The van der Waals surface area contributed by atoms with Crippen molar-refractivity contribution in [3.63, 3.8) is 0 Å². The smallest absolute Gasteiger partial charge is 0.146 e. The Morgan fingerprint density at radius 2 is 1.83 bits per heavy atom. The number of piperazine rings is 1. The van der Waals surface area contributed by atoms with E-state index in [1.165, 1.54) is 5.69 Å². The molecule has 0 radical (unpaired) electrons. The molecule has 24 heavy (non-hydrogen) atoms. The van der Waals surface area contributed by atoms with Crippen LogP contribution >= 0.6 is 0 Å². The van der Waals surface area contributed by atoms with Gasteiger partial charge < -0.3 is 9.80 Å². The number of benzene rings is 1. The quantitative estimate of drug-likeness (QED) is 0.722. The van der Waals surface area contributed by atoms with Crippen LogP contribution in [0.2, 0.25) is 0 Å². The molecule has 0 aliphatic carbocycles. The fourth-order valence-electron chi connectivity index (χ4n) is 3.08. The molecular weight excluding hydrogens is 300 g/mol. The number of pyridine rings is 1. The van der Waals surface area contributed by atoms with E-state index in [0.717, 1.165) is 42.9 Å². The summed E-state index contributed by atoms with van der Waals surface area (Å²) in [6.45, 7) is 3.46. The van der Waals surface area contributed by atoms with Gasteiger partial charge in [-0.25, -0.2) is 15.0 Å². The molecule has 4 rings (SSSR count). The van der Waals surface area contributed by atoms with Gasteiger partial charge in [0.25, 0.3) is 0 Å². The van der Waals surface area contributed by atoms with Gasteiger partial charge in [0.1, 0.15) is 18.2 Å². The molecular formula is C18H16N6. The highest BCUT2D eigenvalue weighted by Crippen LogP contribution is 2.23. The lowest BCUT2D eigenvalue weighted by Gasteiger charge is -2.37. The van der Waals surface area contributed by atoms with Gasteiger partial charge in [-0.05, 0) is 30.3 Å². The SMILES string of the molecule is N#Cc1cccnc1N1CCN(c2ccc3ncncc3c2)CC1. The molecule has 1 aliphatic rings. The number of anilines is 2. The van der Waals surface area contributed by atoms with E-state index in [0.29, 0.717) is 5.56 Å². The van der Waals surface area contributed by atoms with Crippen LogP contribution in [0.5, 0.6) is 0 Å². The molecule has 1 fully saturated rings. The van der Waals surface area contributed by atoms with E-state index in [9.17, 15) is 5.26 Å². The van der Waals surface area contributed by atoms with Crippen molar-refractivity contribution in [2.75, 3.05) is 36.0 Å². The van der Waals surface area contributed by atoms with Crippen LogP contribution in [0.15, 0.2) is 49.1 Å². The Morgan fingerprint density at radius 1 is 1.00 bits per heavy atom. The number of hydrogen-bond acceptors (Lipinski definition) is 6. The number of nitrogens with zero attached hydrogens (tertiary/aromatic N) is 6. The Bertz CT molecular complexity index is 909.